The maximum atomic E-state index is 10.4. The lowest BCUT2D eigenvalue weighted by Gasteiger charge is -1.95. The summed E-state index contributed by atoms with van der Waals surface area (Å²) in [6.45, 7) is 0. The van der Waals surface area contributed by atoms with Gasteiger partial charge in [0, 0.05) is 9.14 Å². The van der Waals surface area contributed by atoms with Crippen molar-refractivity contribution in [3.05, 3.63) is 35.9 Å². The van der Waals surface area contributed by atoms with E-state index in [-0.39, 0.29) is 0 Å². The lowest BCUT2D eigenvalue weighted by molar-refractivity contribution is -0.136. The quantitative estimate of drug-likeness (QED) is 0.717. The summed E-state index contributed by atoms with van der Waals surface area (Å²) in [4.78, 5) is 10.4. The zero-order valence-electron chi connectivity index (χ0n) is 8.82. The van der Waals surface area contributed by atoms with Gasteiger partial charge in [0.1, 0.15) is 0 Å². The van der Waals surface area contributed by atoms with Crippen LogP contribution in [-0.4, -0.2) is 11.1 Å². The molecule has 0 saturated carbocycles. The fraction of sp³-hybridized carbons (Fsp3) is 0.222. The van der Waals surface area contributed by atoms with Crippen LogP contribution in [0.1, 0.15) is 16.1 Å². The van der Waals surface area contributed by atoms with Crippen LogP contribution in [0.15, 0.2) is 30.3 Å². The van der Waals surface area contributed by atoms with E-state index in [0.717, 1.165) is 0 Å². The van der Waals surface area contributed by atoms with Crippen molar-refractivity contribution in [2.75, 3.05) is 0 Å². The first-order valence-electron chi connectivity index (χ1n) is 4.81. The summed E-state index contributed by atoms with van der Waals surface area (Å²) in [7, 11) is 0. The second-order valence-electron chi connectivity index (χ2n) is 2.00. The Labute approximate surface area is 69.7 Å². The normalized spacial score (nSPS) is 19.1. The average molecular weight is 153 g/mol. The SMILES string of the molecule is [2H]c1ccc(C([2H])C([2H])C(=O)O)cc1. The molecule has 1 N–H and O–H groups in total. The molecule has 0 aliphatic heterocycles. The largest absolute Gasteiger partial charge is 0.481 e. The van der Waals surface area contributed by atoms with Crippen molar-refractivity contribution >= 4 is 5.97 Å². The molecule has 2 atom stereocenters. The first kappa shape index (κ1) is 4.54. The van der Waals surface area contributed by atoms with Crippen LogP contribution in [0.5, 0.6) is 0 Å². The van der Waals surface area contributed by atoms with Gasteiger partial charge in [-0.3, -0.25) is 4.79 Å². The predicted molar refractivity (Wildman–Crippen MR) is 42.4 cm³/mol. The number of carbonyl (C=O) groups is 1. The highest BCUT2D eigenvalue weighted by Crippen LogP contribution is 2.01. The molecule has 0 heterocycles. The number of aryl methyl sites for hydroxylation is 1. The van der Waals surface area contributed by atoms with E-state index in [9.17, 15) is 4.79 Å². The van der Waals surface area contributed by atoms with Gasteiger partial charge in [-0.25, -0.2) is 0 Å². The summed E-state index contributed by atoms with van der Waals surface area (Å²) in [5.74, 6) is -1.31. The highest BCUT2D eigenvalue weighted by atomic mass is 16.4. The van der Waals surface area contributed by atoms with Crippen LogP contribution in [0, 0.1) is 0 Å². The van der Waals surface area contributed by atoms with Crippen LogP contribution in [0.25, 0.3) is 0 Å². The van der Waals surface area contributed by atoms with Crippen molar-refractivity contribution < 1.29 is 14.0 Å². The highest BCUT2D eigenvalue weighted by molar-refractivity contribution is 5.67. The third-order valence-electron chi connectivity index (χ3n) is 1.16. The predicted octanol–water partition coefficient (Wildman–Crippen LogP) is 1.70. The van der Waals surface area contributed by atoms with Crippen LogP contribution in [-0.2, 0) is 11.2 Å². The lowest BCUT2D eigenvalue weighted by Crippen LogP contribution is -1.96. The molecule has 2 nitrogen and oxygen atoms in total. The minimum absolute atomic E-state index is 0.304. The molecule has 1 rings (SSSR count). The highest BCUT2D eigenvalue weighted by Gasteiger charge is 1.96. The molecule has 0 fully saturated rings. The molecule has 2 unspecified atom stereocenters. The third-order valence-corrected chi connectivity index (χ3v) is 1.16. The Morgan fingerprint density at radius 2 is 2.27 bits per heavy atom. The van der Waals surface area contributed by atoms with Gasteiger partial charge in [0.05, 0.1) is 1.37 Å². The Morgan fingerprint density at radius 1 is 1.64 bits per heavy atom. The van der Waals surface area contributed by atoms with Crippen LogP contribution in [0.4, 0.5) is 0 Å². The topological polar surface area (TPSA) is 37.3 Å². The second kappa shape index (κ2) is 3.76. The molecule has 0 aliphatic carbocycles. The summed E-state index contributed by atoms with van der Waals surface area (Å²) < 4.78 is 21.9. The smallest absolute Gasteiger partial charge is 0.303 e. The molecule has 0 saturated heterocycles. The van der Waals surface area contributed by atoms with E-state index in [1.807, 2.05) is 0 Å². The maximum absolute atomic E-state index is 10.4. The van der Waals surface area contributed by atoms with Crippen molar-refractivity contribution in [2.45, 2.75) is 12.8 Å². The van der Waals surface area contributed by atoms with Crippen LogP contribution in [0.3, 0.4) is 0 Å². The molecule has 0 aromatic heterocycles. The van der Waals surface area contributed by atoms with Crippen LogP contribution >= 0.6 is 0 Å². The molecule has 58 valence electrons. The maximum Gasteiger partial charge on any atom is 0.303 e. The molecule has 0 bridgehead atoms. The van der Waals surface area contributed by atoms with Crippen LogP contribution < -0.4 is 0 Å². The number of carboxylic acids is 1. The molecule has 2 heteroatoms. The number of aliphatic carboxylic acids is 1. The fourth-order valence-electron chi connectivity index (χ4n) is 0.678. The molecule has 0 aliphatic rings. The monoisotopic (exact) mass is 153 g/mol. The Bertz CT molecular complexity index is 323. The third kappa shape index (κ3) is 2.85. The molecule has 0 amide bonds. The average Bonchev–Trinajstić information content (AvgIpc) is 2.16. The zero-order valence-corrected chi connectivity index (χ0v) is 5.82. The minimum Gasteiger partial charge on any atom is -0.481 e. The van der Waals surface area contributed by atoms with Crippen molar-refractivity contribution in [1.29, 1.82) is 0 Å². The summed E-state index contributed by atoms with van der Waals surface area (Å²) in [5.41, 5.74) is 0.448. The van der Waals surface area contributed by atoms with E-state index < -0.39 is 18.8 Å². The standard InChI is InChI=1S/C9H10O2/c10-9(11)7-6-8-4-2-1-3-5-8/h1-5H,6-7H2,(H,10,11)/i1D,6D,7D. The summed E-state index contributed by atoms with van der Waals surface area (Å²) in [5, 5.41) is 8.52. The van der Waals surface area contributed by atoms with Gasteiger partial charge in [0.15, 0.2) is 0 Å². The lowest BCUT2D eigenvalue weighted by atomic mass is 10.1. The second-order valence-corrected chi connectivity index (χ2v) is 2.00. The van der Waals surface area contributed by atoms with E-state index in [4.69, 9.17) is 9.22 Å². The van der Waals surface area contributed by atoms with Gasteiger partial charge in [-0.1, -0.05) is 30.3 Å². The number of carboxylic acid groups (broad SMARTS) is 1. The molecular formula is C9H10O2. The molecule has 11 heavy (non-hydrogen) atoms. The molecule has 1 aromatic rings. The summed E-state index contributed by atoms with van der Waals surface area (Å²) in [6, 6.07) is 6.27. The summed E-state index contributed by atoms with van der Waals surface area (Å²) in [6.07, 6.45) is -2.58. The van der Waals surface area contributed by atoms with Gasteiger partial charge in [-0.2, -0.15) is 0 Å². The van der Waals surface area contributed by atoms with E-state index in [2.05, 4.69) is 0 Å². The van der Waals surface area contributed by atoms with Crippen molar-refractivity contribution in [3.63, 3.8) is 0 Å². The van der Waals surface area contributed by atoms with Gasteiger partial charge in [0.2, 0.25) is 0 Å². The number of hydrogen-bond acceptors (Lipinski definition) is 1. The van der Waals surface area contributed by atoms with Crippen molar-refractivity contribution in [2.24, 2.45) is 0 Å². The zero-order chi connectivity index (χ0) is 10.7. The number of hydrogen-bond donors (Lipinski definition) is 1. The van der Waals surface area contributed by atoms with Gasteiger partial charge in [-0.05, 0) is 12.0 Å². The van der Waals surface area contributed by atoms with Crippen LogP contribution in [0.2, 0.25) is 0 Å². The van der Waals surface area contributed by atoms with Crippen molar-refractivity contribution in [3.8, 4) is 0 Å². The Kier molecular flexibility index (Phi) is 1.55. The summed E-state index contributed by atoms with van der Waals surface area (Å²) >= 11 is 0. The van der Waals surface area contributed by atoms with E-state index in [0.29, 0.717) is 11.6 Å². The van der Waals surface area contributed by atoms with E-state index in [1.165, 1.54) is 24.3 Å². The first-order chi connectivity index (χ1) is 6.52. The molecular weight excluding hydrogens is 140 g/mol. The molecule has 1 aromatic carbocycles. The number of rotatable bonds is 3. The van der Waals surface area contributed by atoms with Gasteiger partial charge in [-0.15, -0.1) is 0 Å². The Balaban J connectivity index is 2.84. The van der Waals surface area contributed by atoms with E-state index >= 15 is 0 Å². The van der Waals surface area contributed by atoms with E-state index in [1.54, 1.807) is 0 Å². The minimum atomic E-state index is -1.48. The Morgan fingerprint density at radius 3 is 2.82 bits per heavy atom. The van der Waals surface area contributed by atoms with Gasteiger partial charge >= 0.3 is 5.97 Å². The Hall–Kier alpha value is -1.31. The van der Waals surface area contributed by atoms with Gasteiger partial charge in [0.25, 0.3) is 0 Å². The molecule has 0 spiro atoms. The first-order valence-corrected chi connectivity index (χ1v) is 3.16. The number of benzene rings is 1. The molecule has 0 radical (unpaired) electrons. The van der Waals surface area contributed by atoms with Crippen molar-refractivity contribution in [1.82, 2.24) is 0 Å². The van der Waals surface area contributed by atoms with Gasteiger partial charge < -0.3 is 5.11 Å². The fourth-order valence-corrected chi connectivity index (χ4v) is 0.678.